The standard InChI is InChI=1S/C17H11N3O2/c21-16-7-8-17(22)20(16)15-11-19(12-4-3-9-18-10-12)14-6-2-1-5-13(14)15/h1-11H. The zero-order valence-electron chi connectivity index (χ0n) is 11.5. The van der Waals surface area contributed by atoms with E-state index in [0.29, 0.717) is 5.69 Å². The second-order valence-electron chi connectivity index (χ2n) is 4.96. The zero-order chi connectivity index (χ0) is 15.1. The van der Waals surface area contributed by atoms with E-state index in [1.165, 1.54) is 17.1 Å². The number of rotatable bonds is 2. The Bertz CT molecular complexity index is 907. The highest BCUT2D eigenvalue weighted by molar-refractivity contribution is 6.30. The van der Waals surface area contributed by atoms with Crippen LogP contribution in [0.5, 0.6) is 0 Å². The monoisotopic (exact) mass is 289 g/mol. The fourth-order valence-electron chi connectivity index (χ4n) is 2.69. The predicted octanol–water partition coefficient (Wildman–Crippen LogP) is 2.45. The van der Waals surface area contributed by atoms with Gasteiger partial charge in [0.05, 0.1) is 23.1 Å². The maximum atomic E-state index is 12.0. The summed E-state index contributed by atoms with van der Waals surface area (Å²) in [6.45, 7) is 0. The van der Waals surface area contributed by atoms with Crippen molar-refractivity contribution in [3.63, 3.8) is 0 Å². The second kappa shape index (κ2) is 4.66. The lowest BCUT2D eigenvalue weighted by Crippen LogP contribution is -2.29. The number of carbonyl (C=O) groups excluding carboxylic acids is 2. The number of hydrogen-bond acceptors (Lipinski definition) is 3. The Morgan fingerprint density at radius 2 is 1.68 bits per heavy atom. The molecule has 3 aromatic rings. The Morgan fingerprint density at radius 3 is 2.41 bits per heavy atom. The number of aromatic nitrogens is 2. The molecule has 5 nitrogen and oxygen atoms in total. The van der Waals surface area contributed by atoms with Crippen molar-refractivity contribution in [2.24, 2.45) is 0 Å². The van der Waals surface area contributed by atoms with E-state index in [0.717, 1.165) is 16.6 Å². The van der Waals surface area contributed by atoms with Crippen LogP contribution in [0.15, 0.2) is 67.1 Å². The van der Waals surface area contributed by atoms with Crippen LogP contribution in [0.1, 0.15) is 0 Å². The zero-order valence-corrected chi connectivity index (χ0v) is 11.5. The Balaban J connectivity index is 1.98. The number of carbonyl (C=O) groups is 2. The third kappa shape index (κ3) is 1.76. The maximum absolute atomic E-state index is 12.0. The van der Waals surface area contributed by atoms with Gasteiger partial charge in [-0.15, -0.1) is 0 Å². The van der Waals surface area contributed by atoms with Gasteiger partial charge in [0.25, 0.3) is 11.8 Å². The third-order valence-corrected chi connectivity index (χ3v) is 3.67. The van der Waals surface area contributed by atoms with Gasteiger partial charge in [0, 0.05) is 29.9 Å². The summed E-state index contributed by atoms with van der Waals surface area (Å²) in [6.07, 6.45) is 7.82. The molecule has 0 spiro atoms. The third-order valence-electron chi connectivity index (χ3n) is 3.67. The molecule has 0 fully saturated rings. The quantitative estimate of drug-likeness (QED) is 0.681. The first kappa shape index (κ1) is 12.5. The van der Waals surface area contributed by atoms with Gasteiger partial charge in [-0.3, -0.25) is 14.6 Å². The number of fused-ring (bicyclic) bond motifs is 1. The molecule has 0 N–H and O–H groups in total. The summed E-state index contributed by atoms with van der Waals surface area (Å²) in [5.74, 6) is -0.641. The van der Waals surface area contributed by atoms with Crippen LogP contribution in [-0.4, -0.2) is 21.4 Å². The van der Waals surface area contributed by atoms with Crippen molar-refractivity contribution >= 4 is 28.4 Å². The Hall–Kier alpha value is -3.21. The fraction of sp³-hybridized carbons (Fsp3) is 0. The SMILES string of the molecule is O=C1C=CC(=O)N1c1cn(-c2cccnc2)c2ccccc12. The largest absolute Gasteiger partial charge is 0.313 e. The van der Waals surface area contributed by atoms with Gasteiger partial charge in [-0.05, 0) is 18.2 Å². The first-order chi connectivity index (χ1) is 10.8. The van der Waals surface area contributed by atoms with Crippen LogP contribution >= 0.6 is 0 Å². The fourth-order valence-corrected chi connectivity index (χ4v) is 2.69. The molecular formula is C17H11N3O2. The summed E-state index contributed by atoms with van der Waals surface area (Å²) in [4.78, 5) is 29.3. The van der Waals surface area contributed by atoms with E-state index < -0.39 is 0 Å². The van der Waals surface area contributed by atoms with Crippen molar-refractivity contribution in [2.45, 2.75) is 0 Å². The summed E-state index contributed by atoms with van der Waals surface area (Å²) in [5, 5.41) is 0.844. The summed E-state index contributed by atoms with van der Waals surface area (Å²) >= 11 is 0. The Morgan fingerprint density at radius 1 is 0.909 bits per heavy atom. The molecule has 2 aromatic heterocycles. The number of anilines is 1. The lowest BCUT2D eigenvalue weighted by atomic mass is 10.2. The van der Waals surface area contributed by atoms with Gasteiger partial charge in [0.2, 0.25) is 0 Å². The van der Waals surface area contributed by atoms with Gasteiger partial charge in [-0.2, -0.15) is 0 Å². The van der Waals surface area contributed by atoms with Gasteiger partial charge < -0.3 is 4.57 Å². The molecule has 1 aliphatic heterocycles. The topological polar surface area (TPSA) is 55.2 Å². The molecule has 0 radical (unpaired) electrons. The summed E-state index contributed by atoms with van der Waals surface area (Å²) in [6, 6.07) is 11.4. The highest BCUT2D eigenvalue weighted by atomic mass is 16.2. The van der Waals surface area contributed by atoms with Crippen molar-refractivity contribution in [2.75, 3.05) is 4.90 Å². The minimum absolute atomic E-state index is 0.320. The van der Waals surface area contributed by atoms with E-state index >= 15 is 0 Å². The summed E-state index contributed by atoms with van der Waals surface area (Å²) in [5.41, 5.74) is 2.37. The van der Waals surface area contributed by atoms with E-state index in [9.17, 15) is 9.59 Å². The average molecular weight is 289 g/mol. The molecule has 2 amide bonds. The first-order valence-corrected chi connectivity index (χ1v) is 6.82. The van der Waals surface area contributed by atoms with E-state index in [1.54, 1.807) is 18.6 Å². The van der Waals surface area contributed by atoms with Crippen LogP contribution in [0.2, 0.25) is 0 Å². The number of nitrogens with zero attached hydrogens (tertiary/aromatic N) is 3. The van der Waals surface area contributed by atoms with Crippen molar-refractivity contribution in [3.8, 4) is 5.69 Å². The molecule has 5 heteroatoms. The van der Waals surface area contributed by atoms with Crippen molar-refractivity contribution in [1.29, 1.82) is 0 Å². The van der Waals surface area contributed by atoms with Crippen LogP contribution in [-0.2, 0) is 9.59 Å². The molecule has 22 heavy (non-hydrogen) atoms. The number of imide groups is 1. The highest BCUT2D eigenvalue weighted by Crippen LogP contribution is 2.32. The number of para-hydroxylation sites is 1. The molecular weight excluding hydrogens is 278 g/mol. The number of hydrogen-bond donors (Lipinski definition) is 0. The predicted molar refractivity (Wildman–Crippen MR) is 82.7 cm³/mol. The molecule has 1 aromatic carbocycles. The van der Waals surface area contributed by atoms with E-state index in [2.05, 4.69) is 4.98 Å². The van der Waals surface area contributed by atoms with Crippen LogP contribution in [0, 0.1) is 0 Å². The highest BCUT2D eigenvalue weighted by Gasteiger charge is 2.28. The van der Waals surface area contributed by atoms with Crippen molar-refractivity contribution in [1.82, 2.24) is 9.55 Å². The number of pyridine rings is 1. The van der Waals surface area contributed by atoms with Gasteiger partial charge in [-0.1, -0.05) is 18.2 Å². The average Bonchev–Trinajstić information content (AvgIpc) is 3.09. The molecule has 0 bridgehead atoms. The van der Waals surface area contributed by atoms with E-state index in [1.807, 2.05) is 41.0 Å². The smallest absolute Gasteiger partial charge is 0.258 e. The number of benzene rings is 1. The Kier molecular flexibility index (Phi) is 2.66. The van der Waals surface area contributed by atoms with Crippen LogP contribution < -0.4 is 4.90 Å². The van der Waals surface area contributed by atoms with Crippen LogP contribution in [0.25, 0.3) is 16.6 Å². The Labute approximate surface area is 126 Å². The molecule has 3 heterocycles. The summed E-state index contributed by atoms with van der Waals surface area (Å²) in [7, 11) is 0. The van der Waals surface area contributed by atoms with Crippen LogP contribution in [0.4, 0.5) is 5.69 Å². The summed E-state index contributed by atoms with van der Waals surface area (Å²) < 4.78 is 1.93. The van der Waals surface area contributed by atoms with Crippen LogP contribution in [0.3, 0.4) is 0 Å². The van der Waals surface area contributed by atoms with Gasteiger partial charge in [0.15, 0.2) is 0 Å². The normalized spacial score (nSPS) is 14.3. The van der Waals surface area contributed by atoms with E-state index in [4.69, 9.17) is 0 Å². The molecule has 0 atom stereocenters. The molecule has 0 saturated heterocycles. The molecule has 4 rings (SSSR count). The van der Waals surface area contributed by atoms with Crippen molar-refractivity contribution in [3.05, 3.63) is 67.1 Å². The maximum Gasteiger partial charge on any atom is 0.258 e. The molecule has 106 valence electrons. The first-order valence-electron chi connectivity index (χ1n) is 6.82. The van der Waals surface area contributed by atoms with Gasteiger partial charge in [0.1, 0.15) is 0 Å². The van der Waals surface area contributed by atoms with E-state index in [-0.39, 0.29) is 11.8 Å². The molecule has 0 unspecified atom stereocenters. The molecule has 0 saturated carbocycles. The van der Waals surface area contributed by atoms with Crippen molar-refractivity contribution < 1.29 is 9.59 Å². The lowest BCUT2D eigenvalue weighted by Gasteiger charge is -2.11. The molecule has 0 aliphatic carbocycles. The molecule has 1 aliphatic rings. The number of amides is 2. The minimum Gasteiger partial charge on any atom is -0.313 e. The van der Waals surface area contributed by atoms with Gasteiger partial charge >= 0.3 is 0 Å². The second-order valence-corrected chi connectivity index (χ2v) is 4.96. The van der Waals surface area contributed by atoms with Gasteiger partial charge in [-0.25, -0.2) is 4.90 Å². The minimum atomic E-state index is -0.320. The lowest BCUT2D eigenvalue weighted by molar-refractivity contribution is -0.119.